The minimum Gasteiger partial charge on any atom is -0.493 e. The van der Waals surface area contributed by atoms with E-state index >= 15 is 0 Å². The van der Waals surface area contributed by atoms with Gasteiger partial charge in [0.2, 0.25) is 5.91 Å². The molecular weight excluding hydrogens is 320 g/mol. The molecule has 1 aromatic rings. The topological polar surface area (TPSA) is 71.0 Å². The Labute approximate surface area is 150 Å². The number of carbonyl (C=O) groups excluding carboxylic acids is 1. The SMILES string of the molecule is COc1ccc(CNC(=O)CN2CCC(C)CC2C(C)O)cc1OC. The fourth-order valence-electron chi connectivity index (χ4n) is 3.36. The third-order valence-corrected chi connectivity index (χ3v) is 4.86. The van der Waals surface area contributed by atoms with Crippen molar-refractivity contribution in [3.63, 3.8) is 0 Å². The Hall–Kier alpha value is -1.79. The highest BCUT2D eigenvalue weighted by molar-refractivity contribution is 5.78. The van der Waals surface area contributed by atoms with E-state index in [-0.39, 0.29) is 11.9 Å². The van der Waals surface area contributed by atoms with E-state index in [0.717, 1.165) is 24.9 Å². The second-order valence-electron chi connectivity index (χ2n) is 6.87. The normalized spacial score (nSPS) is 22.3. The molecule has 3 unspecified atom stereocenters. The van der Waals surface area contributed by atoms with Crippen molar-refractivity contribution in [1.82, 2.24) is 10.2 Å². The van der Waals surface area contributed by atoms with Crippen molar-refractivity contribution in [3.8, 4) is 11.5 Å². The van der Waals surface area contributed by atoms with Crippen LogP contribution < -0.4 is 14.8 Å². The van der Waals surface area contributed by atoms with Gasteiger partial charge < -0.3 is 19.9 Å². The van der Waals surface area contributed by atoms with Gasteiger partial charge in [-0.2, -0.15) is 0 Å². The van der Waals surface area contributed by atoms with Crippen LogP contribution in [0, 0.1) is 5.92 Å². The van der Waals surface area contributed by atoms with Crippen LogP contribution in [0.5, 0.6) is 11.5 Å². The molecule has 0 aromatic heterocycles. The number of nitrogens with one attached hydrogen (secondary N) is 1. The van der Waals surface area contributed by atoms with Crippen LogP contribution in [0.2, 0.25) is 0 Å². The van der Waals surface area contributed by atoms with Crippen molar-refractivity contribution >= 4 is 5.91 Å². The Morgan fingerprint density at radius 3 is 2.72 bits per heavy atom. The van der Waals surface area contributed by atoms with Gasteiger partial charge in [-0.1, -0.05) is 13.0 Å². The summed E-state index contributed by atoms with van der Waals surface area (Å²) in [5, 5.41) is 12.9. The highest BCUT2D eigenvalue weighted by atomic mass is 16.5. The summed E-state index contributed by atoms with van der Waals surface area (Å²) in [5.74, 6) is 1.87. The zero-order chi connectivity index (χ0) is 18.4. The lowest BCUT2D eigenvalue weighted by Gasteiger charge is -2.39. The molecule has 3 atom stereocenters. The molecule has 1 aliphatic rings. The molecule has 1 amide bonds. The Morgan fingerprint density at radius 2 is 2.08 bits per heavy atom. The number of likely N-dealkylation sites (tertiary alicyclic amines) is 1. The van der Waals surface area contributed by atoms with Gasteiger partial charge in [-0.05, 0) is 49.9 Å². The van der Waals surface area contributed by atoms with Gasteiger partial charge in [0.25, 0.3) is 0 Å². The van der Waals surface area contributed by atoms with Crippen molar-refractivity contribution in [2.45, 2.75) is 45.4 Å². The number of benzene rings is 1. The van der Waals surface area contributed by atoms with Crippen LogP contribution in [0.25, 0.3) is 0 Å². The lowest BCUT2D eigenvalue weighted by Crippen LogP contribution is -2.51. The molecule has 140 valence electrons. The first-order valence-electron chi connectivity index (χ1n) is 8.84. The zero-order valence-corrected chi connectivity index (χ0v) is 15.6. The molecule has 0 aliphatic carbocycles. The van der Waals surface area contributed by atoms with Crippen molar-refractivity contribution in [1.29, 1.82) is 0 Å². The van der Waals surface area contributed by atoms with Gasteiger partial charge in [-0.25, -0.2) is 0 Å². The lowest BCUT2D eigenvalue weighted by molar-refractivity contribution is -0.124. The average Bonchev–Trinajstić information content (AvgIpc) is 2.61. The monoisotopic (exact) mass is 350 g/mol. The number of aliphatic hydroxyl groups excluding tert-OH is 1. The summed E-state index contributed by atoms with van der Waals surface area (Å²) in [7, 11) is 3.19. The number of hydrogen-bond donors (Lipinski definition) is 2. The van der Waals surface area contributed by atoms with Crippen LogP contribution in [0.3, 0.4) is 0 Å². The molecule has 2 N–H and O–H groups in total. The summed E-state index contributed by atoms with van der Waals surface area (Å²) in [6, 6.07) is 5.65. The Morgan fingerprint density at radius 1 is 1.36 bits per heavy atom. The molecule has 0 bridgehead atoms. The predicted molar refractivity (Wildman–Crippen MR) is 96.8 cm³/mol. The maximum atomic E-state index is 12.3. The van der Waals surface area contributed by atoms with E-state index in [9.17, 15) is 9.90 Å². The maximum Gasteiger partial charge on any atom is 0.234 e. The van der Waals surface area contributed by atoms with Crippen LogP contribution in [-0.2, 0) is 11.3 Å². The molecule has 0 saturated carbocycles. The molecule has 6 heteroatoms. The largest absolute Gasteiger partial charge is 0.493 e. The third kappa shape index (κ3) is 5.34. The molecule has 2 rings (SSSR count). The first-order chi connectivity index (χ1) is 11.9. The Bertz CT molecular complexity index is 577. The number of rotatable bonds is 7. The number of nitrogens with zero attached hydrogens (tertiary/aromatic N) is 1. The minimum absolute atomic E-state index is 0.0324. The summed E-state index contributed by atoms with van der Waals surface area (Å²) in [6.45, 7) is 5.60. The molecular formula is C19H30N2O4. The number of methoxy groups -OCH3 is 2. The summed E-state index contributed by atoms with van der Waals surface area (Å²) in [4.78, 5) is 14.4. The Balaban J connectivity index is 1.90. The third-order valence-electron chi connectivity index (χ3n) is 4.86. The maximum absolute atomic E-state index is 12.3. The van der Waals surface area contributed by atoms with Crippen LogP contribution in [-0.4, -0.2) is 55.4 Å². The smallest absolute Gasteiger partial charge is 0.234 e. The Kier molecular flexibility index (Phi) is 7.08. The summed E-state index contributed by atoms with van der Waals surface area (Å²) in [5.41, 5.74) is 0.949. The van der Waals surface area contributed by atoms with Crippen molar-refractivity contribution in [2.75, 3.05) is 27.3 Å². The molecule has 1 saturated heterocycles. The van der Waals surface area contributed by atoms with E-state index in [1.165, 1.54) is 0 Å². The number of amides is 1. The number of piperidine rings is 1. The second-order valence-corrected chi connectivity index (χ2v) is 6.87. The van der Waals surface area contributed by atoms with Gasteiger partial charge in [0.05, 0.1) is 26.9 Å². The number of hydrogen-bond acceptors (Lipinski definition) is 5. The number of aliphatic hydroxyl groups is 1. The number of ether oxygens (including phenoxy) is 2. The van der Waals surface area contributed by atoms with Crippen molar-refractivity contribution in [3.05, 3.63) is 23.8 Å². The van der Waals surface area contributed by atoms with Crippen molar-refractivity contribution < 1.29 is 19.4 Å². The van der Waals surface area contributed by atoms with Gasteiger partial charge in [-0.15, -0.1) is 0 Å². The summed E-state index contributed by atoms with van der Waals surface area (Å²) >= 11 is 0. The molecule has 1 aromatic carbocycles. The first-order valence-corrected chi connectivity index (χ1v) is 8.84. The highest BCUT2D eigenvalue weighted by Crippen LogP contribution is 2.27. The van der Waals surface area contributed by atoms with Crippen LogP contribution in [0.4, 0.5) is 0 Å². The molecule has 1 aliphatic heterocycles. The number of carbonyl (C=O) groups is 1. The van der Waals surface area contributed by atoms with E-state index in [1.807, 2.05) is 18.2 Å². The minimum atomic E-state index is -0.429. The summed E-state index contributed by atoms with van der Waals surface area (Å²) < 4.78 is 10.5. The van der Waals surface area contributed by atoms with E-state index < -0.39 is 6.10 Å². The molecule has 25 heavy (non-hydrogen) atoms. The van der Waals surface area contributed by atoms with Crippen LogP contribution in [0.1, 0.15) is 32.3 Å². The first kappa shape index (κ1) is 19.5. The molecule has 1 fully saturated rings. The van der Waals surface area contributed by atoms with Gasteiger partial charge in [-0.3, -0.25) is 9.69 Å². The zero-order valence-electron chi connectivity index (χ0n) is 15.6. The van der Waals surface area contributed by atoms with Crippen LogP contribution in [0.15, 0.2) is 18.2 Å². The van der Waals surface area contributed by atoms with E-state index in [2.05, 4.69) is 17.1 Å². The molecule has 1 heterocycles. The van der Waals surface area contributed by atoms with Crippen LogP contribution >= 0.6 is 0 Å². The summed E-state index contributed by atoms with van der Waals surface area (Å²) in [6.07, 6.45) is 1.56. The molecule has 0 radical (unpaired) electrons. The van der Waals surface area contributed by atoms with Gasteiger partial charge in [0.1, 0.15) is 0 Å². The van der Waals surface area contributed by atoms with Gasteiger partial charge >= 0.3 is 0 Å². The fourth-order valence-corrected chi connectivity index (χ4v) is 3.36. The average molecular weight is 350 g/mol. The quantitative estimate of drug-likeness (QED) is 0.785. The van der Waals surface area contributed by atoms with E-state index in [1.54, 1.807) is 21.1 Å². The van der Waals surface area contributed by atoms with E-state index in [0.29, 0.717) is 30.5 Å². The molecule has 6 nitrogen and oxygen atoms in total. The standard InChI is InChI=1S/C19H30N2O4/c1-13-7-8-21(16(9-13)14(2)22)12-19(23)20-11-15-5-6-17(24-3)18(10-15)25-4/h5-6,10,13-14,16,22H,7-9,11-12H2,1-4H3,(H,20,23). The highest BCUT2D eigenvalue weighted by Gasteiger charge is 2.30. The van der Waals surface area contributed by atoms with Crippen molar-refractivity contribution in [2.24, 2.45) is 5.92 Å². The van der Waals surface area contributed by atoms with E-state index in [4.69, 9.17) is 9.47 Å². The van der Waals surface area contributed by atoms with Gasteiger partial charge in [0.15, 0.2) is 11.5 Å². The lowest BCUT2D eigenvalue weighted by atomic mass is 9.90. The second kappa shape index (κ2) is 9.06. The fraction of sp³-hybridized carbons (Fsp3) is 0.632. The van der Waals surface area contributed by atoms with Gasteiger partial charge in [0, 0.05) is 12.6 Å². The predicted octanol–water partition coefficient (Wildman–Crippen LogP) is 1.80. The molecule has 0 spiro atoms.